The molecule has 0 unspecified atom stereocenters. The lowest BCUT2D eigenvalue weighted by atomic mass is 10.0. The number of carbonyl (C=O) groups excluding carboxylic acids is 1. The molecule has 112 valence electrons. The topological polar surface area (TPSA) is 136 Å². The van der Waals surface area contributed by atoms with Gasteiger partial charge in [-0.3, -0.25) is 4.79 Å². The van der Waals surface area contributed by atoms with E-state index in [1.165, 1.54) is 0 Å². The van der Waals surface area contributed by atoms with E-state index in [2.05, 4.69) is 15.3 Å². The van der Waals surface area contributed by atoms with Crippen LogP contribution >= 0.6 is 0 Å². The number of aliphatic hydroxyl groups is 3. The zero-order chi connectivity index (χ0) is 15.3. The summed E-state index contributed by atoms with van der Waals surface area (Å²) in [5.41, 5.74) is -0.428. The maximum atomic E-state index is 11.9. The van der Waals surface area contributed by atoms with Gasteiger partial charge in [0.25, 0.3) is 0 Å². The highest BCUT2D eigenvalue weighted by molar-refractivity contribution is 5.79. The molecule has 0 atom stereocenters. The highest BCUT2D eigenvalue weighted by atomic mass is 16.3. The van der Waals surface area contributed by atoms with Gasteiger partial charge in [-0.15, -0.1) is 0 Å². The molecule has 0 aromatic carbocycles. The van der Waals surface area contributed by atoms with Gasteiger partial charge < -0.3 is 25.6 Å². The number of H-pyrrole nitrogens is 1. The zero-order valence-corrected chi connectivity index (χ0v) is 11.4. The number of nitrogens with zero attached hydrogens (tertiary/aromatic N) is 1. The number of aromatic amines is 1. The van der Waals surface area contributed by atoms with Crippen LogP contribution in [0.5, 0.6) is 0 Å². The third-order valence-corrected chi connectivity index (χ3v) is 3.10. The quantitative estimate of drug-likeness (QED) is 0.401. The molecule has 0 saturated heterocycles. The van der Waals surface area contributed by atoms with E-state index in [-0.39, 0.29) is 6.42 Å². The minimum Gasteiger partial charge on any atom is -0.394 e. The van der Waals surface area contributed by atoms with Gasteiger partial charge in [0.1, 0.15) is 5.54 Å². The van der Waals surface area contributed by atoms with Crippen LogP contribution in [0.15, 0.2) is 4.79 Å². The van der Waals surface area contributed by atoms with E-state index in [1.807, 2.05) is 0 Å². The first kappa shape index (κ1) is 16.3. The fraction of sp³-hybridized carbons (Fsp3) is 0.583. The Labute approximate surface area is 115 Å². The molecule has 0 spiro atoms. The fourth-order valence-electron chi connectivity index (χ4n) is 1.78. The highest BCUT2D eigenvalue weighted by Gasteiger charge is 2.30. The molecule has 0 aliphatic carbocycles. The Kier molecular flexibility index (Phi) is 5.37. The van der Waals surface area contributed by atoms with Gasteiger partial charge in [0.2, 0.25) is 5.91 Å². The number of nitrogens with one attached hydrogen (secondary N) is 2. The van der Waals surface area contributed by atoms with Crippen LogP contribution in [0, 0.1) is 13.8 Å². The maximum Gasteiger partial charge on any atom is 0.345 e. The largest absolute Gasteiger partial charge is 0.394 e. The van der Waals surface area contributed by atoms with E-state index in [4.69, 9.17) is 15.3 Å². The van der Waals surface area contributed by atoms with Gasteiger partial charge in [0.15, 0.2) is 0 Å². The average Bonchev–Trinajstić information content (AvgIpc) is 2.40. The lowest BCUT2D eigenvalue weighted by Gasteiger charge is -2.28. The van der Waals surface area contributed by atoms with Gasteiger partial charge in [-0.1, -0.05) is 0 Å². The molecule has 1 rings (SSSR count). The first-order valence-corrected chi connectivity index (χ1v) is 6.07. The number of hydrogen-bond donors (Lipinski definition) is 5. The number of hydrogen-bond acceptors (Lipinski definition) is 6. The van der Waals surface area contributed by atoms with E-state index in [9.17, 15) is 9.59 Å². The molecule has 1 amide bonds. The van der Waals surface area contributed by atoms with Gasteiger partial charge in [-0.25, -0.2) is 4.79 Å². The number of aliphatic hydroxyl groups excluding tert-OH is 3. The lowest BCUT2D eigenvalue weighted by molar-refractivity contribution is -0.124. The molecule has 0 aliphatic heterocycles. The van der Waals surface area contributed by atoms with Crippen molar-refractivity contribution >= 4 is 5.91 Å². The van der Waals surface area contributed by atoms with Gasteiger partial charge in [-0.05, 0) is 13.8 Å². The van der Waals surface area contributed by atoms with Gasteiger partial charge in [-0.2, -0.15) is 4.98 Å². The predicted molar refractivity (Wildman–Crippen MR) is 70.2 cm³/mol. The predicted octanol–water partition coefficient (Wildman–Crippen LogP) is -2.24. The molecule has 0 fully saturated rings. The summed E-state index contributed by atoms with van der Waals surface area (Å²) < 4.78 is 0. The summed E-state index contributed by atoms with van der Waals surface area (Å²) in [7, 11) is 0. The minimum atomic E-state index is -1.46. The Morgan fingerprint density at radius 1 is 1.25 bits per heavy atom. The van der Waals surface area contributed by atoms with E-state index in [0.29, 0.717) is 17.0 Å². The number of aromatic nitrogens is 2. The van der Waals surface area contributed by atoms with Crippen molar-refractivity contribution in [3.05, 3.63) is 27.4 Å². The van der Waals surface area contributed by atoms with Crippen molar-refractivity contribution in [2.75, 3.05) is 19.8 Å². The molecule has 1 heterocycles. The molecule has 1 aromatic rings. The van der Waals surface area contributed by atoms with Gasteiger partial charge >= 0.3 is 5.69 Å². The van der Waals surface area contributed by atoms with Crippen molar-refractivity contribution in [1.82, 2.24) is 15.3 Å². The average molecular weight is 285 g/mol. The van der Waals surface area contributed by atoms with Crippen LogP contribution in [-0.4, -0.2) is 56.6 Å². The second-order valence-corrected chi connectivity index (χ2v) is 4.71. The maximum absolute atomic E-state index is 11.9. The molecule has 0 aliphatic rings. The van der Waals surface area contributed by atoms with Crippen molar-refractivity contribution in [1.29, 1.82) is 0 Å². The molecule has 0 saturated carbocycles. The Morgan fingerprint density at radius 3 is 2.25 bits per heavy atom. The normalized spacial score (nSPS) is 11.4. The molecule has 8 nitrogen and oxygen atoms in total. The summed E-state index contributed by atoms with van der Waals surface area (Å²) >= 11 is 0. The first-order valence-electron chi connectivity index (χ1n) is 6.07. The van der Waals surface area contributed by atoms with Crippen molar-refractivity contribution < 1.29 is 20.1 Å². The van der Waals surface area contributed by atoms with E-state index < -0.39 is 37.0 Å². The molecular weight excluding hydrogens is 266 g/mol. The van der Waals surface area contributed by atoms with Gasteiger partial charge in [0, 0.05) is 17.0 Å². The van der Waals surface area contributed by atoms with Crippen LogP contribution in [-0.2, 0) is 11.2 Å². The number of aryl methyl sites for hydroxylation is 2. The molecule has 5 N–H and O–H groups in total. The Hall–Kier alpha value is -1.77. The third kappa shape index (κ3) is 3.62. The summed E-state index contributed by atoms with van der Waals surface area (Å²) in [6.07, 6.45) is -0.0802. The Bertz CT molecular complexity index is 502. The van der Waals surface area contributed by atoms with Crippen LogP contribution in [0.25, 0.3) is 0 Å². The van der Waals surface area contributed by atoms with Crippen LogP contribution in [0.1, 0.15) is 17.0 Å². The smallest absolute Gasteiger partial charge is 0.345 e. The fourth-order valence-corrected chi connectivity index (χ4v) is 1.78. The number of rotatable bonds is 6. The summed E-state index contributed by atoms with van der Waals surface area (Å²) in [5, 5.41) is 29.8. The van der Waals surface area contributed by atoms with Crippen molar-refractivity contribution in [2.24, 2.45) is 0 Å². The summed E-state index contributed by atoms with van der Waals surface area (Å²) in [6.45, 7) is 1.49. The summed E-state index contributed by atoms with van der Waals surface area (Å²) in [5.74, 6) is -0.498. The van der Waals surface area contributed by atoms with Crippen LogP contribution in [0.2, 0.25) is 0 Å². The van der Waals surface area contributed by atoms with E-state index in [1.54, 1.807) is 13.8 Å². The van der Waals surface area contributed by atoms with Gasteiger partial charge in [0.05, 0.1) is 26.2 Å². The second-order valence-electron chi connectivity index (χ2n) is 4.71. The van der Waals surface area contributed by atoms with E-state index >= 15 is 0 Å². The van der Waals surface area contributed by atoms with Crippen LogP contribution in [0.3, 0.4) is 0 Å². The summed E-state index contributed by atoms with van der Waals surface area (Å²) in [4.78, 5) is 29.3. The SMILES string of the molecule is Cc1nc(=O)[nH]c(C)c1CC(=O)NC(CO)(CO)CO. The van der Waals surface area contributed by atoms with Crippen molar-refractivity contribution in [2.45, 2.75) is 25.8 Å². The minimum absolute atomic E-state index is 0.0802. The number of carbonyl (C=O) groups is 1. The monoisotopic (exact) mass is 285 g/mol. The molecule has 8 heteroatoms. The molecule has 20 heavy (non-hydrogen) atoms. The molecule has 0 bridgehead atoms. The van der Waals surface area contributed by atoms with Crippen LogP contribution < -0.4 is 11.0 Å². The number of amides is 1. The highest BCUT2D eigenvalue weighted by Crippen LogP contribution is 2.09. The molecular formula is C12H19N3O5. The standard InChI is InChI=1S/C12H19N3O5/c1-7-9(8(2)14-11(20)13-7)3-10(19)15-12(4-16,5-17)6-18/h16-18H,3-6H2,1-2H3,(H,15,19)(H,13,14,20). The van der Waals surface area contributed by atoms with Crippen LogP contribution in [0.4, 0.5) is 0 Å². The molecule has 0 radical (unpaired) electrons. The van der Waals surface area contributed by atoms with Crippen molar-refractivity contribution in [3.8, 4) is 0 Å². The third-order valence-electron chi connectivity index (χ3n) is 3.10. The Balaban J connectivity index is 2.89. The Morgan fingerprint density at radius 2 is 1.80 bits per heavy atom. The first-order chi connectivity index (χ1) is 9.37. The molecule has 1 aromatic heterocycles. The second kappa shape index (κ2) is 6.60. The summed E-state index contributed by atoms with van der Waals surface area (Å²) in [6, 6.07) is 0. The van der Waals surface area contributed by atoms with Crippen molar-refractivity contribution in [3.63, 3.8) is 0 Å². The van der Waals surface area contributed by atoms with E-state index in [0.717, 1.165) is 0 Å². The zero-order valence-electron chi connectivity index (χ0n) is 11.4. The lowest BCUT2D eigenvalue weighted by Crippen LogP contribution is -2.57.